The highest BCUT2D eigenvalue weighted by atomic mass is 35.5. The van der Waals surface area contributed by atoms with Gasteiger partial charge in [-0.2, -0.15) is 0 Å². The lowest BCUT2D eigenvalue weighted by Gasteiger charge is -2.15. The van der Waals surface area contributed by atoms with Crippen molar-refractivity contribution in [1.29, 1.82) is 0 Å². The van der Waals surface area contributed by atoms with E-state index in [1.807, 2.05) is 24.3 Å². The summed E-state index contributed by atoms with van der Waals surface area (Å²) >= 11 is 5.94. The smallest absolute Gasteiger partial charge is 0.489 e. The van der Waals surface area contributed by atoms with E-state index in [1.54, 1.807) is 0 Å². The van der Waals surface area contributed by atoms with Crippen molar-refractivity contribution in [2.24, 2.45) is 0 Å². The van der Waals surface area contributed by atoms with Crippen LogP contribution in [0.25, 0.3) is 5.57 Å². The Morgan fingerprint density at radius 1 is 1.10 bits per heavy atom. The Morgan fingerprint density at radius 2 is 1.83 bits per heavy atom. The van der Waals surface area contributed by atoms with E-state index < -0.39 is 18.1 Å². The van der Waals surface area contributed by atoms with Crippen LogP contribution in [0.15, 0.2) is 48.0 Å². The van der Waals surface area contributed by atoms with Crippen LogP contribution in [0.4, 0.5) is 13.2 Å². The second-order valence-corrected chi connectivity index (χ2v) is 7.38. The van der Waals surface area contributed by atoms with E-state index in [-0.39, 0.29) is 30.8 Å². The molecule has 0 amide bonds. The van der Waals surface area contributed by atoms with Crippen LogP contribution in [-0.2, 0) is 11.2 Å². The van der Waals surface area contributed by atoms with Crippen molar-refractivity contribution in [2.75, 3.05) is 6.61 Å². The SMILES string of the molecule is O=C(O)CCc1ccc(OCC2=C(c3ccc(Cl)cc3)CCC2)cc1OC(F)(F)F. The highest BCUT2D eigenvalue weighted by molar-refractivity contribution is 6.30. The predicted molar refractivity (Wildman–Crippen MR) is 107 cm³/mol. The van der Waals surface area contributed by atoms with Crippen LogP contribution in [0.2, 0.25) is 5.02 Å². The lowest BCUT2D eigenvalue weighted by atomic mass is 10.0. The molecule has 2 aromatic rings. The van der Waals surface area contributed by atoms with Gasteiger partial charge in [-0.3, -0.25) is 4.79 Å². The molecular formula is C22H20ClF3O4. The van der Waals surface area contributed by atoms with Gasteiger partial charge in [0, 0.05) is 17.5 Å². The van der Waals surface area contributed by atoms with Crippen LogP contribution >= 0.6 is 11.6 Å². The van der Waals surface area contributed by atoms with Gasteiger partial charge in [-0.25, -0.2) is 0 Å². The molecule has 160 valence electrons. The lowest BCUT2D eigenvalue weighted by Crippen LogP contribution is -2.18. The van der Waals surface area contributed by atoms with Crippen LogP contribution in [0.1, 0.15) is 36.8 Å². The van der Waals surface area contributed by atoms with E-state index in [2.05, 4.69) is 4.74 Å². The Kier molecular flexibility index (Phi) is 6.92. The van der Waals surface area contributed by atoms with Crippen LogP contribution < -0.4 is 9.47 Å². The highest BCUT2D eigenvalue weighted by Gasteiger charge is 2.32. The number of ether oxygens (including phenoxy) is 2. The molecule has 1 aliphatic rings. The number of benzene rings is 2. The molecule has 0 atom stereocenters. The molecular weight excluding hydrogens is 421 g/mol. The summed E-state index contributed by atoms with van der Waals surface area (Å²) in [5.74, 6) is -1.32. The number of hydrogen-bond acceptors (Lipinski definition) is 3. The maximum absolute atomic E-state index is 12.8. The minimum atomic E-state index is -4.88. The first kappa shape index (κ1) is 22.0. The van der Waals surface area contributed by atoms with E-state index >= 15 is 0 Å². The number of carboxylic acid groups (broad SMARTS) is 1. The second kappa shape index (κ2) is 9.43. The van der Waals surface area contributed by atoms with E-state index in [0.717, 1.165) is 42.0 Å². The molecule has 0 heterocycles. The van der Waals surface area contributed by atoms with Gasteiger partial charge in [-0.1, -0.05) is 29.8 Å². The fraction of sp³-hybridized carbons (Fsp3) is 0.318. The number of alkyl halides is 3. The molecule has 0 spiro atoms. The third-order valence-electron chi connectivity index (χ3n) is 4.81. The standard InChI is InChI=1S/C22H20ClF3O4/c23-17-8-4-14(5-9-17)19-3-1-2-16(19)13-29-18-10-6-15(7-11-21(27)28)20(12-18)30-22(24,25)26/h4-6,8-10,12H,1-3,7,11,13H2,(H,27,28). The van der Waals surface area contributed by atoms with Gasteiger partial charge in [0.15, 0.2) is 0 Å². The molecule has 1 aliphatic carbocycles. The third kappa shape index (κ3) is 6.16. The Hall–Kier alpha value is -2.67. The van der Waals surface area contributed by atoms with E-state index in [1.165, 1.54) is 12.1 Å². The summed E-state index contributed by atoms with van der Waals surface area (Å²) in [6.45, 7) is 0.248. The summed E-state index contributed by atoms with van der Waals surface area (Å²) in [6.07, 6.45) is -2.53. The van der Waals surface area contributed by atoms with E-state index in [4.69, 9.17) is 21.4 Å². The molecule has 0 aromatic heterocycles. The first-order chi connectivity index (χ1) is 14.2. The van der Waals surface area contributed by atoms with Gasteiger partial charge in [0.2, 0.25) is 0 Å². The maximum Gasteiger partial charge on any atom is 0.573 e. The molecule has 3 rings (SSSR count). The zero-order valence-electron chi connectivity index (χ0n) is 16.0. The number of allylic oxidation sites excluding steroid dienone is 1. The Bertz CT molecular complexity index is 936. The fourth-order valence-corrected chi connectivity index (χ4v) is 3.55. The zero-order valence-corrected chi connectivity index (χ0v) is 16.7. The molecule has 4 nitrogen and oxygen atoms in total. The molecule has 30 heavy (non-hydrogen) atoms. The molecule has 2 aromatic carbocycles. The van der Waals surface area contributed by atoms with Gasteiger partial charge in [0.05, 0.1) is 0 Å². The minimum Gasteiger partial charge on any atom is -0.489 e. The number of halogens is 4. The normalized spacial score (nSPS) is 14.1. The fourth-order valence-electron chi connectivity index (χ4n) is 3.43. The molecule has 0 unspecified atom stereocenters. The third-order valence-corrected chi connectivity index (χ3v) is 5.06. The van der Waals surface area contributed by atoms with Crippen LogP contribution in [0, 0.1) is 0 Å². The van der Waals surface area contributed by atoms with Crippen molar-refractivity contribution >= 4 is 23.1 Å². The summed E-state index contributed by atoms with van der Waals surface area (Å²) in [5.41, 5.74) is 3.46. The topological polar surface area (TPSA) is 55.8 Å². The number of rotatable bonds is 8. The number of carboxylic acids is 1. The van der Waals surface area contributed by atoms with E-state index in [0.29, 0.717) is 5.02 Å². The van der Waals surface area contributed by atoms with Gasteiger partial charge in [0.1, 0.15) is 18.1 Å². The Labute approximate surface area is 176 Å². The molecule has 0 saturated carbocycles. The molecule has 0 saturated heterocycles. The summed E-state index contributed by atoms with van der Waals surface area (Å²) < 4.78 is 48.1. The minimum absolute atomic E-state index is 0.0765. The Balaban J connectivity index is 1.77. The van der Waals surface area contributed by atoms with Crippen LogP contribution in [0.3, 0.4) is 0 Å². The van der Waals surface area contributed by atoms with E-state index in [9.17, 15) is 18.0 Å². The van der Waals surface area contributed by atoms with Crippen LogP contribution in [0.5, 0.6) is 11.5 Å². The van der Waals surface area contributed by atoms with Crippen LogP contribution in [-0.4, -0.2) is 24.0 Å². The number of aliphatic carboxylic acids is 1. The number of aryl methyl sites for hydroxylation is 1. The average molecular weight is 441 g/mol. The molecule has 0 aliphatic heterocycles. The first-order valence-corrected chi connectivity index (χ1v) is 9.79. The molecule has 1 N–H and O–H groups in total. The summed E-state index contributed by atoms with van der Waals surface area (Å²) in [6, 6.07) is 11.6. The largest absolute Gasteiger partial charge is 0.573 e. The molecule has 0 bridgehead atoms. The summed E-state index contributed by atoms with van der Waals surface area (Å²) in [7, 11) is 0. The summed E-state index contributed by atoms with van der Waals surface area (Å²) in [5, 5.41) is 9.44. The van der Waals surface area contributed by atoms with Gasteiger partial charge >= 0.3 is 12.3 Å². The molecule has 8 heteroatoms. The molecule has 0 radical (unpaired) electrons. The second-order valence-electron chi connectivity index (χ2n) is 6.94. The average Bonchev–Trinajstić information content (AvgIpc) is 3.13. The van der Waals surface area contributed by atoms with Crippen molar-refractivity contribution in [3.8, 4) is 11.5 Å². The van der Waals surface area contributed by atoms with Crippen molar-refractivity contribution in [3.05, 3.63) is 64.2 Å². The molecule has 0 fully saturated rings. The summed E-state index contributed by atoms with van der Waals surface area (Å²) in [4.78, 5) is 10.8. The van der Waals surface area contributed by atoms with Gasteiger partial charge in [0.25, 0.3) is 0 Å². The van der Waals surface area contributed by atoms with Gasteiger partial charge in [-0.15, -0.1) is 13.2 Å². The van der Waals surface area contributed by atoms with Crippen molar-refractivity contribution in [1.82, 2.24) is 0 Å². The monoisotopic (exact) mass is 440 g/mol. The quantitative estimate of drug-likeness (QED) is 0.525. The number of carbonyl (C=O) groups is 1. The number of hydrogen-bond donors (Lipinski definition) is 1. The first-order valence-electron chi connectivity index (χ1n) is 9.41. The highest BCUT2D eigenvalue weighted by Crippen LogP contribution is 2.36. The van der Waals surface area contributed by atoms with Crippen molar-refractivity contribution < 1.29 is 32.5 Å². The Morgan fingerprint density at radius 3 is 2.50 bits per heavy atom. The van der Waals surface area contributed by atoms with Gasteiger partial charge in [-0.05, 0) is 66.2 Å². The lowest BCUT2D eigenvalue weighted by molar-refractivity contribution is -0.274. The maximum atomic E-state index is 12.8. The van der Waals surface area contributed by atoms with Gasteiger partial charge < -0.3 is 14.6 Å². The predicted octanol–water partition coefficient (Wildman–Crippen LogP) is 6.27. The van der Waals surface area contributed by atoms with Crippen molar-refractivity contribution in [2.45, 2.75) is 38.5 Å². The van der Waals surface area contributed by atoms with Crippen molar-refractivity contribution in [3.63, 3.8) is 0 Å². The zero-order chi connectivity index (χ0) is 21.7.